The van der Waals surface area contributed by atoms with Gasteiger partial charge in [0.25, 0.3) is 0 Å². The average Bonchev–Trinajstić information content (AvgIpc) is 3.34. The minimum Gasteiger partial charge on any atom is -0.384 e. The predicted octanol–water partition coefficient (Wildman–Crippen LogP) is 4.20. The van der Waals surface area contributed by atoms with Gasteiger partial charge in [0, 0.05) is 67.1 Å². The Morgan fingerprint density at radius 3 is 2.81 bits per heavy atom. The molecular formula is C23H28N4. The van der Waals surface area contributed by atoms with Gasteiger partial charge in [-0.3, -0.25) is 4.90 Å². The summed E-state index contributed by atoms with van der Waals surface area (Å²) in [6.07, 6.45) is 3.27. The smallest absolute Gasteiger partial charge is 0.0455 e. The minimum absolute atomic E-state index is 0.662. The van der Waals surface area contributed by atoms with E-state index in [-0.39, 0.29) is 0 Å². The Balaban J connectivity index is 1.17. The van der Waals surface area contributed by atoms with Crippen LogP contribution >= 0.6 is 0 Å². The molecule has 1 saturated heterocycles. The highest BCUT2D eigenvalue weighted by Crippen LogP contribution is 2.36. The van der Waals surface area contributed by atoms with Gasteiger partial charge in [-0.05, 0) is 61.3 Å². The number of H-pyrrole nitrogens is 1. The zero-order valence-electron chi connectivity index (χ0n) is 16.0. The van der Waals surface area contributed by atoms with Crippen LogP contribution in [-0.4, -0.2) is 49.2 Å². The quantitative estimate of drug-likeness (QED) is 0.732. The van der Waals surface area contributed by atoms with Crippen LogP contribution in [0.15, 0.2) is 48.7 Å². The van der Waals surface area contributed by atoms with Crippen molar-refractivity contribution in [1.29, 1.82) is 0 Å². The number of piperazine rings is 1. The summed E-state index contributed by atoms with van der Waals surface area (Å²) >= 11 is 0. The largest absolute Gasteiger partial charge is 0.384 e. The summed E-state index contributed by atoms with van der Waals surface area (Å²) in [7, 11) is 0. The van der Waals surface area contributed by atoms with E-state index in [4.69, 9.17) is 0 Å². The first-order chi connectivity index (χ1) is 13.3. The molecule has 3 aromatic rings. The Hall–Kier alpha value is -2.46. The van der Waals surface area contributed by atoms with E-state index in [1.807, 2.05) is 6.20 Å². The zero-order chi connectivity index (χ0) is 18.2. The molecule has 1 fully saturated rings. The first-order valence-electron chi connectivity index (χ1n) is 10.2. The highest BCUT2D eigenvalue weighted by atomic mass is 15.3. The molecule has 0 bridgehead atoms. The van der Waals surface area contributed by atoms with Gasteiger partial charge in [-0.1, -0.05) is 12.1 Å². The third-order valence-corrected chi connectivity index (χ3v) is 6.34. The minimum atomic E-state index is 0.662. The van der Waals surface area contributed by atoms with E-state index in [9.17, 15) is 0 Å². The first kappa shape index (κ1) is 16.7. The average molecular weight is 361 g/mol. The van der Waals surface area contributed by atoms with Crippen molar-refractivity contribution in [3.05, 3.63) is 59.8 Å². The topological polar surface area (TPSA) is 34.3 Å². The zero-order valence-corrected chi connectivity index (χ0v) is 16.0. The molecule has 1 aromatic heterocycles. The molecule has 2 aliphatic rings. The summed E-state index contributed by atoms with van der Waals surface area (Å²) < 4.78 is 0. The second-order valence-electron chi connectivity index (χ2n) is 7.98. The number of hydrogen-bond acceptors (Lipinski definition) is 3. The van der Waals surface area contributed by atoms with Crippen molar-refractivity contribution in [2.45, 2.75) is 19.3 Å². The highest BCUT2D eigenvalue weighted by molar-refractivity contribution is 5.83. The van der Waals surface area contributed by atoms with Gasteiger partial charge >= 0.3 is 0 Å². The monoisotopic (exact) mass is 360 g/mol. The van der Waals surface area contributed by atoms with Crippen molar-refractivity contribution >= 4 is 22.3 Å². The molecule has 140 valence electrons. The van der Waals surface area contributed by atoms with E-state index in [2.05, 4.69) is 69.5 Å². The predicted molar refractivity (Wildman–Crippen MR) is 114 cm³/mol. The molecule has 4 heteroatoms. The van der Waals surface area contributed by atoms with Crippen LogP contribution < -0.4 is 10.2 Å². The van der Waals surface area contributed by atoms with Gasteiger partial charge in [-0.2, -0.15) is 0 Å². The maximum absolute atomic E-state index is 3.59. The van der Waals surface area contributed by atoms with Crippen molar-refractivity contribution in [3.63, 3.8) is 0 Å². The molecule has 0 amide bonds. The SMILES string of the molecule is Cc1cccc2c1C(CCN1CCN(c3ccc4[nH]ccc4c3)CC1)CN2. The van der Waals surface area contributed by atoms with Crippen molar-refractivity contribution in [3.8, 4) is 0 Å². The van der Waals surface area contributed by atoms with E-state index in [1.54, 1.807) is 5.56 Å². The molecule has 2 aromatic carbocycles. The third kappa shape index (κ3) is 3.19. The Morgan fingerprint density at radius 1 is 1.04 bits per heavy atom. The van der Waals surface area contributed by atoms with E-state index < -0.39 is 0 Å². The Bertz CT molecular complexity index is 936. The number of aryl methyl sites for hydroxylation is 1. The molecule has 0 radical (unpaired) electrons. The standard InChI is InChI=1S/C23H28N4/c1-17-3-2-4-22-23(17)19(16-25-22)8-10-26-11-13-27(14-12-26)20-5-6-21-18(15-20)7-9-24-21/h2-7,9,15,19,24-25H,8,10-14,16H2,1H3. The third-order valence-electron chi connectivity index (χ3n) is 6.34. The lowest BCUT2D eigenvalue weighted by molar-refractivity contribution is 0.249. The Morgan fingerprint density at radius 2 is 1.93 bits per heavy atom. The number of aromatic nitrogens is 1. The summed E-state index contributed by atoms with van der Waals surface area (Å²) in [5, 5.41) is 4.89. The van der Waals surface area contributed by atoms with Crippen LogP contribution in [0, 0.1) is 6.92 Å². The molecule has 2 N–H and O–H groups in total. The number of rotatable bonds is 4. The van der Waals surface area contributed by atoms with E-state index >= 15 is 0 Å². The number of nitrogens with zero attached hydrogens (tertiary/aromatic N) is 2. The molecule has 0 spiro atoms. The fourth-order valence-corrected chi connectivity index (χ4v) is 4.76. The van der Waals surface area contributed by atoms with Gasteiger partial charge in [0.15, 0.2) is 0 Å². The molecule has 0 saturated carbocycles. The lowest BCUT2D eigenvalue weighted by atomic mass is 9.93. The second-order valence-corrected chi connectivity index (χ2v) is 7.98. The van der Waals surface area contributed by atoms with Crippen LogP contribution in [0.2, 0.25) is 0 Å². The molecule has 5 rings (SSSR count). The normalized spacial score (nSPS) is 20.0. The van der Waals surface area contributed by atoms with Crippen molar-refractivity contribution < 1.29 is 0 Å². The molecule has 0 aliphatic carbocycles. The maximum atomic E-state index is 3.59. The lowest BCUT2D eigenvalue weighted by Gasteiger charge is -2.36. The summed E-state index contributed by atoms with van der Waals surface area (Å²) in [6, 6.07) is 15.5. The van der Waals surface area contributed by atoms with Crippen molar-refractivity contribution in [2.75, 3.05) is 49.5 Å². The van der Waals surface area contributed by atoms with Crippen LogP contribution in [0.3, 0.4) is 0 Å². The molecule has 27 heavy (non-hydrogen) atoms. The number of nitrogens with one attached hydrogen (secondary N) is 2. The summed E-state index contributed by atoms with van der Waals surface area (Å²) in [6.45, 7) is 9.10. The highest BCUT2D eigenvalue weighted by Gasteiger charge is 2.25. The van der Waals surface area contributed by atoms with E-state index in [0.29, 0.717) is 5.92 Å². The summed E-state index contributed by atoms with van der Waals surface area (Å²) in [5.41, 5.74) is 6.91. The molecule has 3 heterocycles. The van der Waals surface area contributed by atoms with Crippen molar-refractivity contribution in [2.24, 2.45) is 0 Å². The van der Waals surface area contributed by atoms with Crippen LogP contribution in [0.4, 0.5) is 11.4 Å². The molecular weight excluding hydrogens is 332 g/mol. The number of anilines is 2. The van der Waals surface area contributed by atoms with Crippen LogP contribution in [-0.2, 0) is 0 Å². The van der Waals surface area contributed by atoms with Gasteiger partial charge < -0.3 is 15.2 Å². The second kappa shape index (κ2) is 6.93. The molecule has 2 aliphatic heterocycles. The maximum Gasteiger partial charge on any atom is 0.0455 e. The van der Waals surface area contributed by atoms with E-state index in [0.717, 1.165) is 32.7 Å². The van der Waals surface area contributed by atoms with Crippen LogP contribution in [0.5, 0.6) is 0 Å². The summed E-state index contributed by atoms with van der Waals surface area (Å²) in [4.78, 5) is 8.45. The fraction of sp³-hybridized carbons (Fsp3) is 0.391. The lowest BCUT2D eigenvalue weighted by Crippen LogP contribution is -2.46. The number of hydrogen-bond donors (Lipinski definition) is 2. The summed E-state index contributed by atoms with van der Waals surface area (Å²) in [5.74, 6) is 0.662. The van der Waals surface area contributed by atoms with Gasteiger partial charge in [0.05, 0.1) is 0 Å². The first-order valence-corrected chi connectivity index (χ1v) is 10.2. The molecule has 1 atom stereocenters. The Kier molecular flexibility index (Phi) is 4.29. The molecule has 4 nitrogen and oxygen atoms in total. The number of benzene rings is 2. The Labute approximate surface area is 161 Å². The number of aromatic amines is 1. The van der Waals surface area contributed by atoms with Gasteiger partial charge in [-0.15, -0.1) is 0 Å². The van der Waals surface area contributed by atoms with Gasteiger partial charge in [-0.25, -0.2) is 0 Å². The van der Waals surface area contributed by atoms with Crippen molar-refractivity contribution in [1.82, 2.24) is 9.88 Å². The fourth-order valence-electron chi connectivity index (χ4n) is 4.76. The van der Waals surface area contributed by atoms with Crippen LogP contribution in [0.1, 0.15) is 23.5 Å². The van der Waals surface area contributed by atoms with E-state index in [1.165, 1.54) is 40.8 Å². The van der Waals surface area contributed by atoms with Gasteiger partial charge in [0.1, 0.15) is 0 Å². The molecule has 1 unspecified atom stereocenters. The van der Waals surface area contributed by atoms with Crippen LogP contribution in [0.25, 0.3) is 10.9 Å². The van der Waals surface area contributed by atoms with Gasteiger partial charge in [0.2, 0.25) is 0 Å². The number of fused-ring (bicyclic) bond motifs is 2.